The van der Waals surface area contributed by atoms with Gasteiger partial charge in [-0.05, 0) is 20.3 Å². The second-order valence-corrected chi connectivity index (χ2v) is 6.35. The molecule has 0 bridgehead atoms. The van der Waals surface area contributed by atoms with Crippen molar-refractivity contribution in [3.05, 3.63) is 50.8 Å². The lowest BCUT2D eigenvalue weighted by molar-refractivity contribution is 0.177. The third kappa shape index (κ3) is 4.05. The summed E-state index contributed by atoms with van der Waals surface area (Å²) in [5.41, 5.74) is 3.34. The number of methoxy groups -OCH3 is 1. The predicted molar refractivity (Wildman–Crippen MR) is 94.8 cm³/mol. The van der Waals surface area contributed by atoms with Gasteiger partial charge in [-0.25, -0.2) is 9.97 Å². The highest BCUT2D eigenvalue weighted by molar-refractivity contribution is 5.39. The number of nitrogens with one attached hydrogen (secondary N) is 2. The molecule has 1 aliphatic heterocycles. The molecule has 0 saturated carbocycles. The van der Waals surface area contributed by atoms with Crippen molar-refractivity contribution in [2.75, 3.05) is 25.6 Å². The maximum absolute atomic E-state index is 12.1. The predicted octanol–water partition coefficient (Wildman–Crippen LogP) is 2.04. The Labute approximate surface area is 146 Å². The van der Waals surface area contributed by atoms with E-state index in [2.05, 4.69) is 20.3 Å². The molecule has 0 amide bonds. The van der Waals surface area contributed by atoms with Crippen LogP contribution in [0.15, 0.2) is 17.1 Å². The van der Waals surface area contributed by atoms with E-state index < -0.39 is 0 Å². The van der Waals surface area contributed by atoms with Crippen LogP contribution in [0.4, 0.5) is 5.82 Å². The number of nitrogens with zero attached hydrogens (tertiary/aromatic N) is 2. The Morgan fingerprint density at radius 3 is 2.96 bits per heavy atom. The first-order chi connectivity index (χ1) is 12.1. The van der Waals surface area contributed by atoms with Crippen molar-refractivity contribution in [1.82, 2.24) is 15.0 Å². The van der Waals surface area contributed by atoms with Crippen LogP contribution < -0.4 is 10.7 Å². The molecule has 2 aromatic heterocycles. The van der Waals surface area contributed by atoms with E-state index in [0.29, 0.717) is 37.1 Å². The van der Waals surface area contributed by atoms with Gasteiger partial charge in [0, 0.05) is 48.7 Å². The van der Waals surface area contributed by atoms with Gasteiger partial charge in [-0.1, -0.05) is 0 Å². The van der Waals surface area contributed by atoms with Crippen LogP contribution in [-0.4, -0.2) is 35.3 Å². The minimum absolute atomic E-state index is 0.0714. The number of hydrogen-bond donors (Lipinski definition) is 2. The molecule has 2 N–H and O–H groups in total. The molecule has 1 atom stereocenters. The van der Waals surface area contributed by atoms with Crippen molar-refractivity contribution in [1.29, 1.82) is 0 Å². The van der Waals surface area contributed by atoms with Gasteiger partial charge in [0.1, 0.15) is 12.4 Å². The van der Waals surface area contributed by atoms with Crippen LogP contribution in [-0.2, 0) is 22.6 Å². The van der Waals surface area contributed by atoms with E-state index in [1.165, 1.54) is 0 Å². The molecule has 7 heteroatoms. The molecular weight excluding hydrogens is 320 g/mol. The average Bonchev–Trinajstić information content (AvgIpc) is 3.14. The van der Waals surface area contributed by atoms with Crippen molar-refractivity contribution in [2.45, 2.75) is 39.3 Å². The minimum atomic E-state index is 0.0714. The largest absolute Gasteiger partial charge is 0.381 e. The Balaban J connectivity index is 1.81. The number of pyridine rings is 1. The molecule has 1 saturated heterocycles. The fraction of sp³-hybridized carbons (Fsp3) is 0.500. The van der Waals surface area contributed by atoms with Gasteiger partial charge in [0.15, 0.2) is 11.3 Å². The molecule has 7 nitrogen and oxygen atoms in total. The van der Waals surface area contributed by atoms with E-state index >= 15 is 0 Å². The third-order valence-corrected chi connectivity index (χ3v) is 4.47. The van der Waals surface area contributed by atoms with E-state index in [1.54, 1.807) is 20.2 Å². The molecule has 0 spiro atoms. The highest BCUT2D eigenvalue weighted by Crippen LogP contribution is 2.25. The Hall–Kier alpha value is -2.25. The first-order valence-electron chi connectivity index (χ1n) is 8.44. The summed E-state index contributed by atoms with van der Waals surface area (Å²) in [7, 11) is 1.63. The Morgan fingerprint density at radius 1 is 1.40 bits per heavy atom. The minimum Gasteiger partial charge on any atom is -0.381 e. The van der Waals surface area contributed by atoms with Crippen LogP contribution in [0, 0.1) is 13.8 Å². The van der Waals surface area contributed by atoms with Crippen LogP contribution in [0.1, 0.15) is 40.7 Å². The van der Waals surface area contributed by atoms with Gasteiger partial charge in [0.05, 0.1) is 18.8 Å². The smallest absolute Gasteiger partial charge is 0.187 e. The molecule has 134 valence electrons. The van der Waals surface area contributed by atoms with Crippen molar-refractivity contribution in [2.24, 2.45) is 0 Å². The Bertz CT molecular complexity index is 797. The quantitative estimate of drug-likeness (QED) is 0.834. The van der Waals surface area contributed by atoms with Crippen LogP contribution in [0.2, 0.25) is 0 Å². The van der Waals surface area contributed by atoms with E-state index in [-0.39, 0.29) is 5.43 Å². The van der Waals surface area contributed by atoms with Gasteiger partial charge >= 0.3 is 0 Å². The lowest BCUT2D eigenvalue weighted by Crippen LogP contribution is -2.16. The van der Waals surface area contributed by atoms with Gasteiger partial charge in [-0.15, -0.1) is 0 Å². The summed E-state index contributed by atoms with van der Waals surface area (Å²) in [6.45, 7) is 5.94. The number of aryl methyl sites for hydroxylation is 1. The molecule has 1 fully saturated rings. The Kier molecular flexibility index (Phi) is 5.45. The lowest BCUT2D eigenvalue weighted by atomic mass is 10.0. The van der Waals surface area contributed by atoms with E-state index in [9.17, 15) is 4.79 Å². The zero-order chi connectivity index (χ0) is 17.8. The maximum Gasteiger partial charge on any atom is 0.187 e. The zero-order valence-electron chi connectivity index (χ0n) is 14.9. The maximum atomic E-state index is 12.1. The molecule has 3 rings (SSSR count). The molecule has 0 radical (unpaired) electrons. The zero-order valence-corrected chi connectivity index (χ0v) is 14.9. The van der Waals surface area contributed by atoms with Gasteiger partial charge in [0.2, 0.25) is 0 Å². The Morgan fingerprint density at radius 2 is 2.24 bits per heavy atom. The van der Waals surface area contributed by atoms with E-state index in [0.717, 1.165) is 35.8 Å². The number of rotatable bonds is 6. The molecule has 25 heavy (non-hydrogen) atoms. The van der Waals surface area contributed by atoms with Crippen LogP contribution >= 0.6 is 0 Å². The SMILES string of the molecule is COCc1nc(NCc2[nH]cc(C)c(=O)c2C)cc([C@@H]2CCOC2)n1. The van der Waals surface area contributed by atoms with Gasteiger partial charge in [0.25, 0.3) is 0 Å². The second-order valence-electron chi connectivity index (χ2n) is 6.35. The van der Waals surface area contributed by atoms with Crippen LogP contribution in [0.3, 0.4) is 0 Å². The molecule has 0 aromatic carbocycles. The summed E-state index contributed by atoms with van der Waals surface area (Å²) in [6, 6.07) is 1.96. The van der Waals surface area contributed by atoms with Gasteiger partial charge < -0.3 is 19.8 Å². The lowest BCUT2D eigenvalue weighted by Gasteiger charge is -2.13. The fourth-order valence-corrected chi connectivity index (χ4v) is 2.94. The van der Waals surface area contributed by atoms with Crippen LogP contribution in [0.25, 0.3) is 0 Å². The standard InChI is InChI=1S/C18H24N4O3/c1-11-7-19-15(12(2)18(11)23)8-20-16-6-14(13-4-5-25-9-13)21-17(22-16)10-24-3/h6-7,13H,4-5,8-10H2,1-3H3,(H,19,23)(H,20,21,22)/t13-/m1/s1. The number of anilines is 1. The molecule has 3 heterocycles. The molecule has 0 aliphatic carbocycles. The van der Waals surface area contributed by atoms with E-state index in [1.807, 2.05) is 13.0 Å². The number of aromatic amines is 1. The average molecular weight is 344 g/mol. The third-order valence-electron chi connectivity index (χ3n) is 4.47. The highest BCUT2D eigenvalue weighted by atomic mass is 16.5. The monoisotopic (exact) mass is 344 g/mol. The summed E-state index contributed by atoms with van der Waals surface area (Å²) >= 11 is 0. The summed E-state index contributed by atoms with van der Waals surface area (Å²) in [5, 5.41) is 3.29. The summed E-state index contributed by atoms with van der Waals surface area (Å²) in [5.74, 6) is 1.66. The molecule has 1 aliphatic rings. The number of ether oxygens (including phenoxy) is 2. The number of hydrogen-bond acceptors (Lipinski definition) is 6. The molecule has 0 unspecified atom stereocenters. The van der Waals surface area contributed by atoms with Gasteiger partial charge in [-0.2, -0.15) is 0 Å². The topological polar surface area (TPSA) is 89.1 Å². The first kappa shape index (κ1) is 17.6. The summed E-state index contributed by atoms with van der Waals surface area (Å²) in [4.78, 5) is 24.3. The second kappa shape index (κ2) is 7.76. The number of H-pyrrole nitrogens is 1. The summed E-state index contributed by atoms with van der Waals surface area (Å²) < 4.78 is 10.6. The first-order valence-corrected chi connectivity index (χ1v) is 8.44. The number of aromatic nitrogens is 3. The van der Waals surface area contributed by atoms with Crippen molar-refractivity contribution < 1.29 is 9.47 Å². The van der Waals surface area contributed by atoms with Crippen LogP contribution in [0.5, 0.6) is 0 Å². The normalized spacial score (nSPS) is 17.0. The molecule has 2 aromatic rings. The highest BCUT2D eigenvalue weighted by Gasteiger charge is 2.20. The van der Waals surface area contributed by atoms with Crippen molar-refractivity contribution in [3.8, 4) is 0 Å². The van der Waals surface area contributed by atoms with Crippen molar-refractivity contribution in [3.63, 3.8) is 0 Å². The van der Waals surface area contributed by atoms with Gasteiger partial charge in [-0.3, -0.25) is 4.79 Å². The molecular formula is C18H24N4O3. The van der Waals surface area contributed by atoms with E-state index in [4.69, 9.17) is 9.47 Å². The fourth-order valence-electron chi connectivity index (χ4n) is 2.94. The summed E-state index contributed by atoms with van der Waals surface area (Å²) in [6.07, 6.45) is 2.71. The van der Waals surface area contributed by atoms with Crippen molar-refractivity contribution >= 4 is 5.82 Å².